The molecule has 0 atom stereocenters. The van der Waals surface area contributed by atoms with E-state index in [2.05, 4.69) is 20.7 Å². The Morgan fingerprint density at radius 1 is 1.32 bits per heavy atom. The van der Waals surface area contributed by atoms with Gasteiger partial charge in [-0.25, -0.2) is 0 Å². The lowest BCUT2D eigenvalue weighted by Crippen LogP contribution is -2.09. The Hall–Kier alpha value is -2.64. The third-order valence-corrected chi connectivity index (χ3v) is 4.03. The first-order valence-electron chi connectivity index (χ1n) is 7.38. The lowest BCUT2D eigenvalue weighted by molar-refractivity contribution is -0.111. The third kappa shape index (κ3) is 4.07. The summed E-state index contributed by atoms with van der Waals surface area (Å²) < 4.78 is 5.67. The number of anilines is 1. The van der Waals surface area contributed by atoms with Gasteiger partial charge in [0.05, 0.1) is 16.6 Å². The van der Waals surface area contributed by atoms with E-state index in [1.165, 1.54) is 16.9 Å². The van der Waals surface area contributed by atoms with E-state index in [9.17, 15) is 4.79 Å². The Kier molecular flexibility index (Phi) is 5.16. The van der Waals surface area contributed by atoms with Crippen LogP contribution in [0.1, 0.15) is 12.7 Å². The molecule has 1 aromatic carbocycles. The molecule has 7 nitrogen and oxygen atoms in total. The minimum absolute atomic E-state index is 0.141. The first kappa shape index (κ1) is 17.2. The first-order chi connectivity index (χ1) is 12.1. The van der Waals surface area contributed by atoms with Gasteiger partial charge in [-0.1, -0.05) is 34.4 Å². The zero-order valence-electron chi connectivity index (χ0n) is 13.1. The van der Waals surface area contributed by atoms with Crippen molar-refractivity contribution < 1.29 is 9.21 Å². The Morgan fingerprint density at radius 3 is 2.92 bits per heavy atom. The van der Waals surface area contributed by atoms with Crippen LogP contribution < -0.4 is 5.32 Å². The number of furan rings is 1. The minimum atomic E-state index is -0.394. The van der Waals surface area contributed by atoms with Crippen molar-refractivity contribution in [3.05, 3.63) is 52.2 Å². The van der Waals surface area contributed by atoms with Crippen molar-refractivity contribution in [3.63, 3.8) is 0 Å². The van der Waals surface area contributed by atoms with Gasteiger partial charge in [0, 0.05) is 11.6 Å². The molecular formula is C16H13Cl2N5O2. The Labute approximate surface area is 153 Å². The van der Waals surface area contributed by atoms with Crippen LogP contribution in [0.15, 0.2) is 40.8 Å². The maximum atomic E-state index is 11.9. The molecule has 0 spiro atoms. The number of nitrogens with zero attached hydrogens (tertiary/aromatic N) is 4. The van der Waals surface area contributed by atoms with Crippen molar-refractivity contribution in [3.8, 4) is 11.3 Å². The van der Waals surface area contributed by atoms with Crippen LogP contribution in [0.4, 0.5) is 5.95 Å². The fraction of sp³-hybridized carbons (Fsp3) is 0.125. The van der Waals surface area contributed by atoms with Crippen LogP contribution in [0.5, 0.6) is 0 Å². The van der Waals surface area contributed by atoms with Gasteiger partial charge in [0.1, 0.15) is 11.5 Å². The van der Waals surface area contributed by atoms with E-state index in [1.54, 1.807) is 30.3 Å². The van der Waals surface area contributed by atoms with Gasteiger partial charge < -0.3 is 4.42 Å². The summed E-state index contributed by atoms with van der Waals surface area (Å²) in [5.74, 6) is 0.795. The van der Waals surface area contributed by atoms with Crippen molar-refractivity contribution in [2.24, 2.45) is 0 Å². The van der Waals surface area contributed by atoms with E-state index in [0.717, 1.165) is 0 Å². The van der Waals surface area contributed by atoms with Gasteiger partial charge >= 0.3 is 0 Å². The van der Waals surface area contributed by atoms with Gasteiger partial charge in [-0.2, -0.15) is 4.80 Å². The molecule has 1 N–H and O–H groups in total. The molecule has 0 aliphatic heterocycles. The number of carbonyl (C=O) groups is 1. The highest BCUT2D eigenvalue weighted by Crippen LogP contribution is 2.34. The SMILES string of the molecule is CCn1nnc(NC(=O)C=Cc2ccc(-c3cccc(Cl)c3Cl)o2)n1. The number of carbonyl (C=O) groups excluding carboxylic acids is 1. The van der Waals surface area contributed by atoms with Crippen LogP contribution in [-0.4, -0.2) is 26.1 Å². The maximum absolute atomic E-state index is 11.9. The number of hydrogen-bond acceptors (Lipinski definition) is 5. The van der Waals surface area contributed by atoms with Crippen LogP contribution in [0, 0.1) is 0 Å². The predicted octanol–water partition coefficient (Wildman–Crippen LogP) is 3.91. The topological polar surface area (TPSA) is 85.8 Å². The fourth-order valence-corrected chi connectivity index (χ4v) is 2.41. The first-order valence-corrected chi connectivity index (χ1v) is 8.13. The summed E-state index contributed by atoms with van der Waals surface area (Å²) >= 11 is 12.2. The van der Waals surface area contributed by atoms with Crippen LogP contribution in [-0.2, 0) is 11.3 Å². The Morgan fingerprint density at radius 2 is 2.16 bits per heavy atom. The molecule has 1 amide bonds. The van der Waals surface area contributed by atoms with Crippen LogP contribution in [0.25, 0.3) is 17.4 Å². The number of amides is 1. The average Bonchev–Trinajstić information content (AvgIpc) is 3.25. The molecule has 128 valence electrons. The number of aromatic nitrogens is 4. The number of nitrogens with one attached hydrogen (secondary N) is 1. The monoisotopic (exact) mass is 377 g/mol. The predicted molar refractivity (Wildman–Crippen MR) is 95.3 cm³/mol. The normalized spacial score (nSPS) is 11.2. The number of hydrogen-bond donors (Lipinski definition) is 1. The number of tetrazole rings is 1. The molecule has 0 bridgehead atoms. The van der Waals surface area contributed by atoms with E-state index in [-0.39, 0.29) is 5.95 Å². The van der Waals surface area contributed by atoms with E-state index in [1.807, 2.05) is 6.92 Å². The number of rotatable bonds is 5. The third-order valence-electron chi connectivity index (χ3n) is 3.21. The van der Waals surface area contributed by atoms with Gasteiger partial charge in [-0.05, 0) is 42.5 Å². The molecule has 3 rings (SSSR count). The van der Waals surface area contributed by atoms with Gasteiger partial charge in [-0.15, -0.1) is 5.10 Å². The van der Waals surface area contributed by atoms with Gasteiger partial charge in [0.15, 0.2) is 0 Å². The molecule has 0 aliphatic rings. The quantitative estimate of drug-likeness (QED) is 0.681. The van der Waals surface area contributed by atoms with Gasteiger partial charge in [-0.3, -0.25) is 10.1 Å². The van der Waals surface area contributed by atoms with E-state index in [4.69, 9.17) is 27.6 Å². The molecule has 0 aliphatic carbocycles. The van der Waals surface area contributed by atoms with E-state index >= 15 is 0 Å². The molecule has 9 heteroatoms. The summed E-state index contributed by atoms with van der Waals surface area (Å²) in [5, 5.41) is 14.8. The Balaban J connectivity index is 1.69. The second kappa shape index (κ2) is 7.50. The Bertz CT molecular complexity index is 932. The molecule has 2 aromatic heterocycles. The van der Waals surface area contributed by atoms with Crippen molar-refractivity contribution in [2.75, 3.05) is 5.32 Å². The summed E-state index contributed by atoms with van der Waals surface area (Å²) in [6.45, 7) is 2.44. The van der Waals surface area contributed by atoms with Gasteiger partial charge in [0.25, 0.3) is 11.9 Å². The molecular weight excluding hydrogens is 365 g/mol. The molecule has 0 unspecified atom stereocenters. The molecule has 0 saturated heterocycles. The van der Waals surface area contributed by atoms with Crippen molar-refractivity contribution >= 4 is 41.1 Å². The molecule has 25 heavy (non-hydrogen) atoms. The van der Waals surface area contributed by atoms with E-state index in [0.29, 0.717) is 33.7 Å². The summed E-state index contributed by atoms with van der Waals surface area (Å²) in [6.07, 6.45) is 2.84. The standard InChI is InChI=1S/C16H13Cl2N5O2/c1-2-23-21-16(20-22-23)19-14(24)9-7-10-6-8-13(25-10)11-4-3-5-12(17)15(11)18/h3-9H,2H2,1H3,(H,19,21,24). The number of benzene rings is 1. The van der Waals surface area contributed by atoms with Crippen LogP contribution >= 0.6 is 23.2 Å². The van der Waals surface area contributed by atoms with Crippen molar-refractivity contribution in [1.29, 1.82) is 0 Å². The van der Waals surface area contributed by atoms with Crippen LogP contribution in [0.3, 0.4) is 0 Å². The average molecular weight is 378 g/mol. The smallest absolute Gasteiger partial charge is 0.270 e. The molecule has 2 heterocycles. The number of aryl methyl sites for hydroxylation is 1. The molecule has 0 radical (unpaired) electrons. The van der Waals surface area contributed by atoms with Gasteiger partial charge in [0.2, 0.25) is 0 Å². The summed E-state index contributed by atoms with van der Waals surface area (Å²) in [6, 6.07) is 8.76. The molecule has 0 fully saturated rings. The largest absolute Gasteiger partial charge is 0.457 e. The number of halogens is 2. The fourth-order valence-electron chi connectivity index (χ4n) is 2.02. The highest BCUT2D eigenvalue weighted by atomic mass is 35.5. The lowest BCUT2D eigenvalue weighted by Gasteiger charge is -2.01. The zero-order valence-corrected chi connectivity index (χ0v) is 14.6. The second-order valence-corrected chi connectivity index (χ2v) is 5.71. The highest BCUT2D eigenvalue weighted by Gasteiger charge is 2.10. The minimum Gasteiger partial charge on any atom is -0.457 e. The van der Waals surface area contributed by atoms with Crippen molar-refractivity contribution in [2.45, 2.75) is 13.5 Å². The summed E-state index contributed by atoms with van der Waals surface area (Å²) in [4.78, 5) is 13.2. The van der Waals surface area contributed by atoms with E-state index < -0.39 is 5.91 Å². The lowest BCUT2D eigenvalue weighted by atomic mass is 10.2. The van der Waals surface area contributed by atoms with Crippen molar-refractivity contribution in [1.82, 2.24) is 20.2 Å². The second-order valence-electron chi connectivity index (χ2n) is 4.93. The summed E-state index contributed by atoms with van der Waals surface area (Å²) in [5.41, 5.74) is 0.679. The van der Waals surface area contributed by atoms with Crippen LogP contribution in [0.2, 0.25) is 10.0 Å². The molecule has 3 aromatic rings. The maximum Gasteiger partial charge on any atom is 0.270 e. The molecule has 0 saturated carbocycles. The highest BCUT2D eigenvalue weighted by molar-refractivity contribution is 6.43. The summed E-state index contributed by atoms with van der Waals surface area (Å²) in [7, 11) is 0. The zero-order chi connectivity index (χ0) is 17.8.